The summed E-state index contributed by atoms with van der Waals surface area (Å²) in [6.07, 6.45) is -1.77. The van der Waals surface area contributed by atoms with Gasteiger partial charge in [0.15, 0.2) is 0 Å². The van der Waals surface area contributed by atoms with Crippen LogP contribution in [0, 0.1) is 11.8 Å². The van der Waals surface area contributed by atoms with E-state index in [4.69, 9.17) is 0 Å². The van der Waals surface area contributed by atoms with E-state index < -0.39 is 23.6 Å². The van der Waals surface area contributed by atoms with E-state index >= 15 is 0 Å². The Kier molecular flexibility index (Phi) is 5.90. The molecule has 32 heavy (non-hydrogen) atoms. The molecule has 1 heterocycles. The monoisotopic (exact) mass is 445 g/mol. The normalized spacial score (nSPS) is 18.9. The van der Waals surface area contributed by atoms with Gasteiger partial charge in [-0.05, 0) is 49.2 Å². The van der Waals surface area contributed by atoms with Crippen LogP contribution in [0.25, 0.3) is 0 Å². The van der Waals surface area contributed by atoms with Crippen molar-refractivity contribution in [3.05, 3.63) is 54.1 Å². The number of benzene rings is 2. The molecule has 6 nitrogen and oxygen atoms in total. The highest BCUT2D eigenvalue weighted by molar-refractivity contribution is 6.04. The van der Waals surface area contributed by atoms with E-state index in [0.717, 1.165) is 31.4 Å². The van der Waals surface area contributed by atoms with Crippen molar-refractivity contribution in [3.8, 4) is 0 Å². The maximum Gasteiger partial charge on any atom is 0.416 e. The molecule has 0 aromatic heterocycles. The Bertz CT molecular complexity index is 1050. The Labute approximate surface area is 182 Å². The first kappa shape index (κ1) is 21.9. The third-order valence-corrected chi connectivity index (χ3v) is 5.85. The van der Waals surface area contributed by atoms with Gasteiger partial charge in [-0.2, -0.15) is 13.2 Å². The molecule has 1 aliphatic carbocycles. The Hall–Kier alpha value is -3.36. The molecule has 2 fully saturated rings. The van der Waals surface area contributed by atoms with Crippen LogP contribution in [-0.2, 0) is 20.6 Å². The van der Waals surface area contributed by atoms with Crippen molar-refractivity contribution in [2.24, 2.45) is 11.8 Å². The van der Waals surface area contributed by atoms with Crippen molar-refractivity contribution in [1.82, 2.24) is 0 Å². The van der Waals surface area contributed by atoms with Crippen LogP contribution in [0.15, 0.2) is 48.5 Å². The number of hydrogen-bond donors (Lipinski definition) is 2. The van der Waals surface area contributed by atoms with Gasteiger partial charge in [-0.1, -0.05) is 18.6 Å². The predicted octanol–water partition coefficient (Wildman–Crippen LogP) is 4.44. The first-order valence-corrected chi connectivity index (χ1v) is 10.4. The molecule has 1 saturated carbocycles. The quantitative estimate of drug-likeness (QED) is 0.715. The van der Waals surface area contributed by atoms with Crippen LogP contribution in [0.1, 0.15) is 31.2 Å². The number of nitrogens with one attached hydrogen (secondary N) is 2. The lowest BCUT2D eigenvalue weighted by Gasteiger charge is -2.24. The van der Waals surface area contributed by atoms with Crippen LogP contribution < -0.4 is 15.5 Å². The van der Waals surface area contributed by atoms with Crippen LogP contribution in [-0.4, -0.2) is 24.3 Å². The minimum absolute atomic E-state index is 0.0241. The lowest BCUT2D eigenvalue weighted by atomic mass is 9.85. The van der Waals surface area contributed by atoms with E-state index in [1.807, 2.05) is 0 Å². The van der Waals surface area contributed by atoms with Gasteiger partial charge in [0.05, 0.1) is 11.5 Å². The molecular formula is C23H22F3N3O3. The SMILES string of the molecule is O=C(Nc1cccc(N2CC(C(=O)Nc3cccc(C(F)(F)F)c3)CC2=O)c1)C1CCC1. The van der Waals surface area contributed by atoms with Crippen LogP contribution in [0.5, 0.6) is 0 Å². The van der Waals surface area contributed by atoms with Crippen LogP contribution in [0.4, 0.5) is 30.2 Å². The second kappa shape index (κ2) is 8.64. The molecule has 0 bridgehead atoms. The highest BCUT2D eigenvalue weighted by atomic mass is 19.4. The highest BCUT2D eigenvalue weighted by Gasteiger charge is 2.36. The summed E-state index contributed by atoms with van der Waals surface area (Å²) in [7, 11) is 0. The largest absolute Gasteiger partial charge is 0.416 e. The topological polar surface area (TPSA) is 78.5 Å². The summed E-state index contributed by atoms with van der Waals surface area (Å²) in [5, 5.41) is 5.34. The molecule has 9 heteroatoms. The molecule has 2 aliphatic rings. The number of anilines is 3. The number of carbonyl (C=O) groups is 3. The molecule has 2 aromatic rings. The summed E-state index contributed by atoms with van der Waals surface area (Å²) in [4.78, 5) is 38.8. The number of carbonyl (C=O) groups excluding carboxylic acids is 3. The van der Waals surface area contributed by atoms with Crippen molar-refractivity contribution in [2.45, 2.75) is 31.9 Å². The lowest BCUT2D eigenvalue weighted by molar-refractivity contribution is -0.137. The van der Waals surface area contributed by atoms with Crippen molar-refractivity contribution < 1.29 is 27.6 Å². The van der Waals surface area contributed by atoms with E-state index in [1.165, 1.54) is 17.0 Å². The summed E-state index contributed by atoms with van der Waals surface area (Å²) in [6, 6.07) is 11.2. The molecule has 0 spiro atoms. The Balaban J connectivity index is 1.41. The summed E-state index contributed by atoms with van der Waals surface area (Å²) in [5.74, 6) is -1.51. The lowest BCUT2D eigenvalue weighted by Crippen LogP contribution is -2.29. The fourth-order valence-corrected chi connectivity index (χ4v) is 3.82. The van der Waals surface area contributed by atoms with E-state index in [0.29, 0.717) is 11.4 Å². The third kappa shape index (κ3) is 4.76. The molecule has 1 atom stereocenters. The summed E-state index contributed by atoms with van der Waals surface area (Å²) >= 11 is 0. The predicted molar refractivity (Wildman–Crippen MR) is 113 cm³/mol. The summed E-state index contributed by atoms with van der Waals surface area (Å²) in [6.45, 7) is 0.101. The van der Waals surface area contributed by atoms with Gasteiger partial charge in [0.2, 0.25) is 17.7 Å². The molecule has 1 unspecified atom stereocenters. The third-order valence-electron chi connectivity index (χ3n) is 5.85. The first-order valence-electron chi connectivity index (χ1n) is 10.4. The maximum atomic E-state index is 12.9. The smallest absolute Gasteiger partial charge is 0.326 e. The number of rotatable bonds is 5. The number of amides is 3. The number of hydrogen-bond acceptors (Lipinski definition) is 3. The zero-order valence-electron chi connectivity index (χ0n) is 17.1. The van der Waals surface area contributed by atoms with Crippen molar-refractivity contribution >= 4 is 34.8 Å². The van der Waals surface area contributed by atoms with E-state index in [-0.39, 0.29) is 36.4 Å². The molecule has 0 radical (unpaired) electrons. The molecule has 1 saturated heterocycles. The van der Waals surface area contributed by atoms with E-state index in [2.05, 4.69) is 10.6 Å². The molecule has 2 aromatic carbocycles. The van der Waals surface area contributed by atoms with Crippen LogP contribution in [0.3, 0.4) is 0 Å². The average molecular weight is 445 g/mol. The van der Waals surface area contributed by atoms with Gasteiger partial charge in [-0.15, -0.1) is 0 Å². The summed E-state index contributed by atoms with van der Waals surface area (Å²) < 4.78 is 38.7. The van der Waals surface area contributed by atoms with Gasteiger partial charge in [0.25, 0.3) is 0 Å². The van der Waals surface area contributed by atoms with Gasteiger partial charge < -0.3 is 15.5 Å². The zero-order valence-corrected chi connectivity index (χ0v) is 17.1. The summed E-state index contributed by atoms with van der Waals surface area (Å²) in [5.41, 5.74) is 0.288. The van der Waals surface area contributed by atoms with Gasteiger partial charge in [0, 0.05) is 35.9 Å². The van der Waals surface area contributed by atoms with E-state index in [9.17, 15) is 27.6 Å². The number of nitrogens with zero attached hydrogens (tertiary/aromatic N) is 1. The average Bonchev–Trinajstić information content (AvgIpc) is 3.08. The van der Waals surface area contributed by atoms with Gasteiger partial charge in [0.1, 0.15) is 0 Å². The van der Waals surface area contributed by atoms with Crippen molar-refractivity contribution in [2.75, 3.05) is 22.1 Å². The van der Waals surface area contributed by atoms with E-state index in [1.54, 1.807) is 24.3 Å². The molecule has 3 amide bonds. The molecule has 2 N–H and O–H groups in total. The minimum Gasteiger partial charge on any atom is -0.326 e. The van der Waals surface area contributed by atoms with Gasteiger partial charge in [-0.25, -0.2) is 0 Å². The zero-order chi connectivity index (χ0) is 22.9. The molecule has 1 aliphatic heterocycles. The maximum absolute atomic E-state index is 12.9. The number of halogens is 3. The van der Waals surface area contributed by atoms with Gasteiger partial charge >= 0.3 is 6.18 Å². The van der Waals surface area contributed by atoms with Gasteiger partial charge in [-0.3, -0.25) is 14.4 Å². The molecule has 4 rings (SSSR count). The minimum atomic E-state index is -4.51. The fraction of sp³-hybridized carbons (Fsp3) is 0.348. The Morgan fingerprint density at radius 3 is 2.16 bits per heavy atom. The Morgan fingerprint density at radius 2 is 1.53 bits per heavy atom. The van der Waals surface area contributed by atoms with Crippen molar-refractivity contribution in [3.63, 3.8) is 0 Å². The number of alkyl halides is 3. The fourth-order valence-electron chi connectivity index (χ4n) is 3.82. The molecular weight excluding hydrogens is 423 g/mol. The Morgan fingerprint density at radius 1 is 0.906 bits per heavy atom. The second-order valence-corrected chi connectivity index (χ2v) is 8.14. The van der Waals surface area contributed by atoms with Crippen LogP contribution in [0.2, 0.25) is 0 Å². The van der Waals surface area contributed by atoms with Crippen LogP contribution >= 0.6 is 0 Å². The van der Waals surface area contributed by atoms with Crippen molar-refractivity contribution in [1.29, 1.82) is 0 Å². The standard InChI is InChI=1S/C23H22F3N3O3/c24-23(25,26)16-6-2-7-17(11-16)27-22(32)15-10-20(30)29(13-15)19-9-3-8-18(12-19)28-21(31)14-4-1-5-14/h2-3,6-9,11-12,14-15H,1,4-5,10,13H2,(H,27,32)(H,28,31). The highest BCUT2D eigenvalue weighted by Crippen LogP contribution is 2.32. The first-order chi connectivity index (χ1) is 15.2. The molecule has 168 valence electrons. The second-order valence-electron chi connectivity index (χ2n) is 8.14.